The van der Waals surface area contributed by atoms with Crippen LogP contribution in [0.15, 0.2) is 23.7 Å². The minimum Gasteiger partial charge on any atom is -0.368 e. The maximum absolute atomic E-state index is 6.17. The third-order valence-electron chi connectivity index (χ3n) is 2.47. The Morgan fingerprint density at radius 2 is 2.38 bits per heavy atom. The zero-order valence-electron chi connectivity index (χ0n) is 9.24. The first-order chi connectivity index (χ1) is 7.81. The number of hydrogen-bond acceptors (Lipinski definition) is 3. The van der Waals surface area contributed by atoms with Crippen molar-refractivity contribution in [3.05, 3.63) is 23.7 Å². The average Bonchev–Trinajstić information content (AvgIpc) is 2.75. The van der Waals surface area contributed by atoms with Gasteiger partial charge in [0.1, 0.15) is 5.82 Å². The van der Waals surface area contributed by atoms with Crippen molar-refractivity contribution in [2.45, 2.75) is 25.1 Å². The summed E-state index contributed by atoms with van der Waals surface area (Å²) in [4.78, 5) is 4.35. The van der Waals surface area contributed by atoms with Gasteiger partial charge >= 0.3 is 0 Å². The van der Waals surface area contributed by atoms with Crippen molar-refractivity contribution in [2.24, 2.45) is 0 Å². The fourth-order valence-corrected chi connectivity index (χ4v) is 2.74. The van der Waals surface area contributed by atoms with Gasteiger partial charge in [-0.15, -0.1) is 22.9 Å². The number of rotatable bonds is 5. The zero-order valence-corrected chi connectivity index (χ0v) is 10.8. The number of thiophene rings is 1. The third-order valence-corrected chi connectivity index (χ3v) is 3.73. The topological polar surface area (TPSA) is 24.9 Å². The summed E-state index contributed by atoms with van der Waals surface area (Å²) in [6.45, 7) is 2.92. The van der Waals surface area contributed by atoms with E-state index in [1.807, 2.05) is 12.3 Å². The molecule has 0 aliphatic heterocycles. The molecule has 2 aromatic rings. The molecular weight excluding hydrogens is 240 g/mol. The highest BCUT2D eigenvalue weighted by Gasteiger charge is 2.06. The number of anilines is 1. The van der Waals surface area contributed by atoms with Crippen LogP contribution in [0, 0.1) is 0 Å². The molecule has 2 nitrogen and oxygen atoms in total. The maximum Gasteiger partial charge on any atom is 0.134 e. The van der Waals surface area contributed by atoms with E-state index in [1.165, 1.54) is 10.1 Å². The summed E-state index contributed by atoms with van der Waals surface area (Å²) in [5, 5.41) is 6.78. The average molecular weight is 255 g/mol. The molecule has 0 aromatic carbocycles. The van der Waals surface area contributed by atoms with Crippen LogP contribution in [-0.2, 0) is 0 Å². The van der Waals surface area contributed by atoms with Crippen LogP contribution in [0.2, 0.25) is 0 Å². The minimum atomic E-state index is 0.181. The highest BCUT2D eigenvalue weighted by molar-refractivity contribution is 7.17. The Bertz CT molecular complexity index is 455. The van der Waals surface area contributed by atoms with Gasteiger partial charge in [0.25, 0.3) is 0 Å². The molecule has 2 heterocycles. The number of nitrogens with zero attached hydrogens (tertiary/aromatic N) is 1. The lowest BCUT2D eigenvalue weighted by molar-refractivity contribution is 0.751. The molecule has 2 aromatic heterocycles. The Hall–Kier alpha value is -0.800. The molecule has 0 aliphatic rings. The monoisotopic (exact) mass is 254 g/mol. The van der Waals surface area contributed by atoms with Crippen LogP contribution in [0.25, 0.3) is 10.1 Å². The summed E-state index contributed by atoms with van der Waals surface area (Å²) >= 11 is 7.90. The molecule has 1 atom stereocenters. The van der Waals surface area contributed by atoms with E-state index in [0.29, 0.717) is 0 Å². The van der Waals surface area contributed by atoms with Gasteiger partial charge in [0.2, 0.25) is 0 Å². The Kier molecular flexibility index (Phi) is 4.02. The zero-order chi connectivity index (χ0) is 11.4. The number of halogens is 1. The first-order valence-corrected chi connectivity index (χ1v) is 6.83. The van der Waals surface area contributed by atoms with Crippen molar-refractivity contribution in [3.63, 3.8) is 0 Å². The first kappa shape index (κ1) is 11.7. The van der Waals surface area contributed by atoms with Gasteiger partial charge in [0.15, 0.2) is 0 Å². The Balaban J connectivity index is 2.06. The fraction of sp³-hybridized carbons (Fsp3) is 0.417. The van der Waals surface area contributed by atoms with Crippen molar-refractivity contribution in [1.82, 2.24) is 4.98 Å². The van der Waals surface area contributed by atoms with E-state index in [9.17, 15) is 0 Å². The van der Waals surface area contributed by atoms with Crippen LogP contribution in [0.1, 0.15) is 19.8 Å². The molecule has 0 saturated carbocycles. The number of pyridine rings is 1. The Morgan fingerprint density at radius 1 is 1.50 bits per heavy atom. The Morgan fingerprint density at radius 3 is 3.19 bits per heavy atom. The first-order valence-electron chi connectivity index (χ1n) is 5.51. The van der Waals surface area contributed by atoms with Crippen LogP contribution >= 0.6 is 22.9 Å². The predicted octanol–water partition coefficient (Wildman–Crippen LogP) is 4.12. The number of aromatic nitrogens is 1. The second-order valence-electron chi connectivity index (χ2n) is 3.76. The molecule has 16 heavy (non-hydrogen) atoms. The molecule has 0 amide bonds. The normalized spacial score (nSPS) is 12.9. The second kappa shape index (κ2) is 5.51. The molecule has 0 bridgehead atoms. The van der Waals surface area contributed by atoms with Gasteiger partial charge in [-0.25, -0.2) is 4.98 Å². The summed E-state index contributed by atoms with van der Waals surface area (Å²) in [7, 11) is 0. The molecule has 0 aliphatic carbocycles. The van der Waals surface area contributed by atoms with Crippen molar-refractivity contribution < 1.29 is 0 Å². The predicted molar refractivity (Wildman–Crippen MR) is 72.7 cm³/mol. The molecule has 86 valence electrons. The van der Waals surface area contributed by atoms with E-state index in [4.69, 9.17) is 11.6 Å². The van der Waals surface area contributed by atoms with Crippen LogP contribution in [-0.4, -0.2) is 16.9 Å². The van der Waals surface area contributed by atoms with Gasteiger partial charge in [-0.05, 0) is 23.9 Å². The van der Waals surface area contributed by atoms with Crippen LogP contribution in [0.5, 0.6) is 0 Å². The standard InChI is InChI=1S/C12H15ClN2S/c1-2-3-9(13)8-15-12-10-5-7-16-11(10)4-6-14-12/h4-7,9H,2-3,8H2,1H3,(H,14,15). The lowest BCUT2D eigenvalue weighted by atomic mass is 10.2. The number of hydrogen-bond donors (Lipinski definition) is 1. The van der Waals surface area contributed by atoms with Gasteiger partial charge < -0.3 is 5.32 Å². The summed E-state index contributed by atoms with van der Waals surface area (Å²) in [6.07, 6.45) is 3.99. The number of nitrogens with one attached hydrogen (secondary N) is 1. The van der Waals surface area contributed by atoms with E-state index < -0.39 is 0 Å². The van der Waals surface area contributed by atoms with Gasteiger partial charge in [-0.1, -0.05) is 13.3 Å². The number of alkyl halides is 1. The highest BCUT2D eigenvalue weighted by Crippen LogP contribution is 2.25. The fourth-order valence-electron chi connectivity index (χ4n) is 1.66. The molecule has 0 spiro atoms. The van der Waals surface area contributed by atoms with Crippen molar-refractivity contribution in [1.29, 1.82) is 0 Å². The van der Waals surface area contributed by atoms with Gasteiger partial charge in [-0.3, -0.25) is 0 Å². The molecule has 2 rings (SSSR count). The van der Waals surface area contributed by atoms with Crippen molar-refractivity contribution >= 4 is 38.8 Å². The summed E-state index contributed by atoms with van der Waals surface area (Å²) in [5.41, 5.74) is 0. The molecule has 0 fully saturated rings. The lowest BCUT2D eigenvalue weighted by Gasteiger charge is -2.10. The van der Waals surface area contributed by atoms with Crippen LogP contribution in [0.4, 0.5) is 5.82 Å². The van der Waals surface area contributed by atoms with E-state index in [0.717, 1.165) is 25.2 Å². The molecule has 4 heteroatoms. The van der Waals surface area contributed by atoms with E-state index in [1.54, 1.807) is 11.3 Å². The van der Waals surface area contributed by atoms with Gasteiger partial charge in [-0.2, -0.15) is 0 Å². The molecule has 1 N–H and O–H groups in total. The summed E-state index contributed by atoms with van der Waals surface area (Å²) in [5.74, 6) is 0.945. The van der Waals surface area contributed by atoms with E-state index >= 15 is 0 Å². The van der Waals surface area contributed by atoms with E-state index in [2.05, 4.69) is 28.7 Å². The van der Waals surface area contributed by atoms with Crippen molar-refractivity contribution in [2.75, 3.05) is 11.9 Å². The lowest BCUT2D eigenvalue weighted by Crippen LogP contribution is -2.14. The SMILES string of the molecule is CCCC(Cl)CNc1nccc2sccc12. The molecule has 0 radical (unpaired) electrons. The van der Waals surface area contributed by atoms with Crippen molar-refractivity contribution in [3.8, 4) is 0 Å². The Labute approximate surface area is 105 Å². The van der Waals surface area contributed by atoms with Gasteiger partial charge in [0.05, 0.1) is 5.38 Å². The van der Waals surface area contributed by atoms with Crippen LogP contribution in [0.3, 0.4) is 0 Å². The maximum atomic E-state index is 6.17. The van der Waals surface area contributed by atoms with Gasteiger partial charge in [0, 0.05) is 22.8 Å². The summed E-state index contributed by atoms with van der Waals surface area (Å²) in [6, 6.07) is 4.13. The quantitative estimate of drug-likeness (QED) is 0.812. The molecular formula is C12H15ClN2S. The molecule has 1 unspecified atom stereocenters. The third kappa shape index (κ3) is 2.66. The second-order valence-corrected chi connectivity index (χ2v) is 5.32. The van der Waals surface area contributed by atoms with E-state index in [-0.39, 0.29) is 5.38 Å². The highest BCUT2D eigenvalue weighted by atomic mass is 35.5. The minimum absolute atomic E-state index is 0.181. The smallest absolute Gasteiger partial charge is 0.134 e. The largest absolute Gasteiger partial charge is 0.368 e. The van der Waals surface area contributed by atoms with Crippen LogP contribution < -0.4 is 5.32 Å². The molecule has 0 saturated heterocycles. The summed E-state index contributed by atoms with van der Waals surface area (Å²) < 4.78 is 1.26. The number of fused-ring (bicyclic) bond motifs is 1.